The lowest BCUT2D eigenvalue weighted by Crippen LogP contribution is -2.07. The fourth-order valence-corrected chi connectivity index (χ4v) is 3.68. The van der Waals surface area contributed by atoms with Crippen molar-refractivity contribution in [2.75, 3.05) is 30.5 Å². The van der Waals surface area contributed by atoms with Gasteiger partial charge in [0.05, 0.1) is 13.2 Å². The first kappa shape index (κ1) is 23.4. The Morgan fingerprint density at radius 3 is 2.94 bits per heavy atom. The molecule has 0 bridgehead atoms. The molecule has 0 fully saturated rings. The van der Waals surface area contributed by atoms with E-state index in [1.54, 1.807) is 43.2 Å². The fraction of sp³-hybridized carbons (Fsp3) is 0.240. The number of fused-ring (bicyclic) bond motifs is 1. The van der Waals surface area contributed by atoms with Gasteiger partial charge in [-0.2, -0.15) is 11.8 Å². The number of furan rings is 1. The zero-order valence-corrected chi connectivity index (χ0v) is 19.9. The van der Waals surface area contributed by atoms with Crippen LogP contribution in [0.15, 0.2) is 45.9 Å². The number of hydrogen-bond acceptors (Lipinski definition) is 9. The summed E-state index contributed by atoms with van der Waals surface area (Å²) in [7, 11) is 0. The van der Waals surface area contributed by atoms with Gasteiger partial charge in [-0.15, -0.1) is 0 Å². The highest BCUT2D eigenvalue weighted by Gasteiger charge is 2.27. The van der Waals surface area contributed by atoms with E-state index in [1.165, 1.54) is 0 Å². The molecule has 0 radical (unpaired) electrons. The number of allylic oxidation sites excluding steroid dienone is 1. The zero-order chi connectivity index (χ0) is 24.1. The number of ether oxygens (including phenoxy) is 2. The van der Waals surface area contributed by atoms with E-state index in [1.807, 2.05) is 37.4 Å². The third-order valence-electron chi connectivity index (χ3n) is 5.10. The Hall–Kier alpha value is -3.72. The van der Waals surface area contributed by atoms with E-state index in [-0.39, 0.29) is 29.6 Å². The molecular weight excluding hydrogens is 454 g/mol. The molecule has 176 valence electrons. The van der Waals surface area contributed by atoms with Crippen LogP contribution in [-0.4, -0.2) is 47.5 Å². The minimum atomic E-state index is -0.687. The van der Waals surface area contributed by atoms with Crippen LogP contribution in [0.3, 0.4) is 0 Å². The lowest BCUT2D eigenvalue weighted by molar-refractivity contribution is 0.0524. The van der Waals surface area contributed by atoms with Crippen molar-refractivity contribution < 1.29 is 23.8 Å². The molecule has 1 aromatic carbocycles. The van der Waals surface area contributed by atoms with Crippen LogP contribution in [0.2, 0.25) is 0 Å². The van der Waals surface area contributed by atoms with Crippen molar-refractivity contribution in [3.8, 4) is 11.5 Å². The summed E-state index contributed by atoms with van der Waals surface area (Å²) in [5.41, 5.74) is 3.02. The standard InChI is InChI=1S/C25H25N3O5S/c1-4-31-25(30)21-22(29)20(13-16-14-27-23-18(16)6-5-9-26-23)33-24(21)28-19-8-7-17(12-15(19)2)32-10-11-34-3/h5-9,12-14,28-29H,4,10-11H2,1-3H3. The number of esters is 1. The number of hydrogen-bond donors (Lipinski definition) is 2. The summed E-state index contributed by atoms with van der Waals surface area (Å²) in [4.78, 5) is 21.1. The van der Waals surface area contributed by atoms with E-state index in [0.717, 1.165) is 22.6 Å². The fourth-order valence-electron chi connectivity index (χ4n) is 3.43. The monoisotopic (exact) mass is 479 g/mol. The number of carbonyl (C=O) groups is 1. The van der Waals surface area contributed by atoms with E-state index in [4.69, 9.17) is 13.9 Å². The van der Waals surface area contributed by atoms with Gasteiger partial charge >= 0.3 is 5.97 Å². The first-order valence-electron chi connectivity index (χ1n) is 10.7. The molecule has 0 unspecified atom stereocenters. The molecule has 2 aromatic heterocycles. The third-order valence-corrected chi connectivity index (χ3v) is 5.68. The summed E-state index contributed by atoms with van der Waals surface area (Å²) < 4.78 is 16.8. The third kappa shape index (κ3) is 4.94. The maximum absolute atomic E-state index is 12.7. The molecule has 0 saturated heterocycles. The summed E-state index contributed by atoms with van der Waals surface area (Å²) in [6.07, 6.45) is 6.94. The van der Waals surface area contributed by atoms with Crippen molar-refractivity contribution >= 4 is 53.0 Å². The molecule has 3 aromatic rings. The summed E-state index contributed by atoms with van der Waals surface area (Å²) in [6, 6.07) is 9.25. The number of anilines is 2. The van der Waals surface area contributed by atoms with Crippen LogP contribution in [0, 0.1) is 6.92 Å². The normalized spacial score (nSPS) is 13.2. The van der Waals surface area contributed by atoms with Crippen molar-refractivity contribution in [1.29, 1.82) is 0 Å². The Morgan fingerprint density at radius 1 is 1.32 bits per heavy atom. The van der Waals surface area contributed by atoms with Gasteiger partial charge in [-0.25, -0.2) is 14.8 Å². The SMILES string of the molecule is CCOC(=O)c1c(Nc2ccc(OCCSC)cc2C)oc(C=C2C=Nc3ncccc32)c1O. The number of nitrogens with zero attached hydrogens (tertiary/aromatic N) is 2. The molecule has 0 amide bonds. The molecule has 2 N–H and O–H groups in total. The zero-order valence-electron chi connectivity index (χ0n) is 19.1. The number of aromatic nitrogens is 1. The number of aromatic hydroxyl groups is 1. The number of aliphatic imine (C=N–C) groups is 1. The van der Waals surface area contributed by atoms with Crippen LogP contribution in [0.5, 0.6) is 11.5 Å². The molecule has 4 rings (SSSR count). The smallest absolute Gasteiger partial charge is 0.347 e. The van der Waals surface area contributed by atoms with Gasteiger partial charge < -0.3 is 24.3 Å². The maximum atomic E-state index is 12.7. The highest BCUT2D eigenvalue weighted by molar-refractivity contribution is 7.98. The molecule has 8 nitrogen and oxygen atoms in total. The van der Waals surface area contributed by atoms with Gasteiger partial charge in [-0.05, 0) is 62.1 Å². The molecule has 3 heterocycles. The number of pyridine rings is 1. The van der Waals surface area contributed by atoms with Crippen LogP contribution in [0.25, 0.3) is 11.6 Å². The number of thioether (sulfide) groups is 1. The largest absolute Gasteiger partial charge is 0.504 e. The minimum absolute atomic E-state index is 0.0743. The molecule has 9 heteroatoms. The second-order valence-corrected chi connectivity index (χ2v) is 8.40. The topological polar surface area (TPSA) is 106 Å². The van der Waals surface area contributed by atoms with Crippen molar-refractivity contribution in [2.45, 2.75) is 13.8 Å². The quantitative estimate of drug-likeness (QED) is 0.301. The second kappa shape index (κ2) is 10.5. The summed E-state index contributed by atoms with van der Waals surface area (Å²) >= 11 is 1.72. The van der Waals surface area contributed by atoms with Gasteiger partial charge in [0.15, 0.2) is 22.9 Å². The number of rotatable bonds is 9. The van der Waals surface area contributed by atoms with Gasteiger partial charge in [0.1, 0.15) is 5.75 Å². The van der Waals surface area contributed by atoms with Gasteiger partial charge in [0, 0.05) is 35.0 Å². The van der Waals surface area contributed by atoms with Crippen molar-refractivity contribution in [3.63, 3.8) is 0 Å². The summed E-state index contributed by atoms with van der Waals surface area (Å²) in [6.45, 7) is 4.39. The Balaban J connectivity index is 1.67. The van der Waals surface area contributed by atoms with E-state index in [0.29, 0.717) is 23.7 Å². The molecule has 1 aliphatic rings. The van der Waals surface area contributed by atoms with Crippen LogP contribution >= 0.6 is 11.8 Å². The highest BCUT2D eigenvalue weighted by Crippen LogP contribution is 2.40. The van der Waals surface area contributed by atoms with Crippen LogP contribution < -0.4 is 10.1 Å². The lowest BCUT2D eigenvalue weighted by Gasteiger charge is -2.11. The Morgan fingerprint density at radius 2 is 2.18 bits per heavy atom. The lowest BCUT2D eigenvalue weighted by atomic mass is 10.1. The van der Waals surface area contributed by atoms with Crippen molar-refractivity contribution in [1.82, 2.24) is 4.98 Å². The summed E-state index contributed by atoms with van der Waals surface area (Å²) in [5, 5.41) is 14.0. The van der Waals surface area contributed by atoms with Gasteiger partial charge in [0.25, 0.3) is 0 Å². The van der Waals surface area contributed by atoms with E-state index >= 15 is 0 Å². The minimum Gasteiger partial charge on any atom is -0.504 e. The van der Waals surface area contributed by atoms with Gasteiger partial charge in [-0.3, -0.25) is 0 Å². The molecule has 0 atom stereocenters. The Labute approximate surface area is 201 Å². The van der Waals surface area contributed by atoms with Crippen molar-refractivity contribution in [2.24, 2.45) is 4.99 Å². The van der Waals surface area contributed by atoms with Crippen LogP contribution in [0.4, 0.5) is 17.4 Å². The second-order valence-electron chi connectivity index (χ2n) is 7.41. The first-order valence-corrected chi connectivity index (χ1v) is 12.1. The number of carbonyl (C=O) groups excluding carboxylic acids is 1. The molecule has 0 spiro atoms. The summed E-state index contributed by atoms with van der Waals surface area (Å²) in [5.74, 6) is 1.43. The van der Waals surface area contributed by atoms with Crippen LogP contribution in [0.1, 0.15) is 34.2 Å². The van der Waals surface area contributed by atoms with E-state index < -0.39 is 5.97 Å². The predicted octanol–water partition coefficient (Wildman–Crippen LogP) is 5.61. The molecule has 0 saturated carbocycles. The molecule has 0 aliphatic carbocycles. The number of benzene rings is 1. The maximum Gasteiger partial charge on any atom is 0.347 e. The first-order chi connectivity index (χ1) is 16.5. The predicted molar refractivity (Wildman–Crippen MR) is 135 cm³/mol. The average Bonchev–Trinajstić information content (AvgIpc) is 3.37. The Bertz CT molecular complexity index is 1270. The highest BCUT2D eigenvalue weighted by atomic mass is 32.2. The van der Waals surface area contributed by atoms with Gasteiger partial charge in [0.2, 0.25) is 5.88 Å². The Kier molecular flexibility index (Phi) is 7.22. The average molecular weight is 480 g/mol. The van der Waals surface area contributed by atoms with E-state index in [9.17, 15) is 9.90 Å². The van der Waals surface area contributed by atoms with Gasteiger partial charge in [-0.1, -0.05) is 0 Å². The number of aryl methyl sites for hydroxylation is 1. The molecular formula is C25H25N3O5S. The molecule has 1 aliphatic heterocycles. The van der Waals surface area contributed by atoms with E-state index in [2.05, 4.69) is 15.3 Å². The molecule has 34 heavy (non-hydrogen) atoms. The van der Waals surface area contributed by atoms with Crippen LogP contribution in [-0.2, 0) is 4.74 Å². The number of nitrogens with one attached hydrogen (secondary N) is 1. The van der Waals surface area contributed by atoms with Crippen molar-refractivity contribution in [3.05, 3.63) is 59.0 Å².